The molecule has 1 aromatic carbocycles. The smallest absolute Gasteiger partial charge is 0.261 e. The second-order valence-corrected chi connectivity index (χ2v) is 7.06. The van der Waals surface area contributed by atoms with E-state index in [0.29, 0.717) is 24.3 Å². The predicted molar refractivity (Wildman–Crippen MR) is 111 cm³/mol. The molecule has 2 rings (SSSR count). The van der Waals surface area contributed by atoms with Crippen molar-refractivity contribution in [1.29, 1.82) is 0 Å². The Morgan fingerprint density at radius 2 is 2.14 bits per heavy atom. The zero-order valence-corrected chi connectivity index (χ0v) is 17.1. The van der Waals surface area contributed by atoms with E-state index in [-0.39, 0.29) is 5.91 Å². The Morgan fingerprint density at radius 3 is 2.79 bits per heavy atom. The molecule has 0 fully saturated rings. The lowest BCUT2D eigenvalue weighted by Crippen LogP contribution is -2.50. The number of benzene rings is 1. The average Bonchev–Trinajstić information content (AvgIpc) is 2.65. The molecule has 0 aliphatic heterocycles. The van der Waals surface area contributed by atoms with Crippen molar-refractivity contribution in [3.63, 3.8) is 0 Å². The van der Waals surface area contributed by atoms with E-state index < -0.39 is 11.6 Å². The van der Waals surface area contributed by atoms with Crippen LogP contribution in [0.2, 0.25) is 0 Å². The summed E-state index contributed by atoms with van der Waals surface area (Å²) < 4.78 is 5.99. The summed E-state index contributed by atoms with van der Waals surface area (Å²) in [6.45, 7) is 9.85. The van der Waals surface area contributed by atoms with Crippen LogP contribution in [0.3, 0.4) is 0 Å². The molecule has 0 aliphatic carbocycles. The van der Waals surface area contributed by atoms with Crippen LogP contribution in [0.1, 0.15) is 45.2 Å². The van der Waals surface area contributed by atoms with E-state index in [1.54, 1.807) is 12.4 Å². The number of rotatable bonds is 8. The van der Waals surface area contributed by atoms with Gasteiger partial charge in [-0.3, -0.25) is 9.78 Å². The maximum absolute atomic E-state index is 12.7. The van der Waals surface area contributed by atoms with Gasteiger partial charge in [0, 0.05) is 17.1 Å². The molecule has 0 radical (unpaired) electrons. The Balaban J connectivity index is 2.19. The van der Waals surface area contributed by atoms with Crippen LogP contribution >= 0.6 is 0 Å². The Bertz CT molecular complexity index is 913. The molecule has 1 atom stereocenters. The van der Waals surface area contributed by atoms with Crippen molar-refractivity contribution in [2.24, 2.45) is 5.16 Å². The Hall–Kier alpha value is -3.07. The van der Waals surface area contributed by atoms with Gasteiger partial charge in [0.1, 0.15) is 12.4 Å². The SMILES string of the molecule is C#Cc1cnc2c(C)cc(OC(CC)C(=O)NC(C)(C)/C=N\OCC)cc2c1. The van der Waals surface area contributed by atoms with Gasteiger partial charge in [-0.1, -0.05) is 18.0 Å². The van der Waals surface area contributed by atoms with Crippen molar-refractivity contribution in [2.75, 3.05) is 6.61 Å². The van der Waals surface area contributed by atoms with Crippen LogP contribution in [-0.4, -0.2) is 35.4 Å². The number of carbonyl (C=O) groups is 1. The number of aromatic nitrogens is 1. The third-order valence-corrected chi connectivity index (χ3v) is 4.08. The summed E-state index contributed by atoms with van der Waals surface area (Å²) in [4.78, 5) is 22.1. The lowest BCUT2D eigenvalue weighted by atomic mass is 10.1. The number of nitrogens with zero attached hydrogens (tertiary/aromatic N) is 2. The second-order valence-electron chi connectivity index (χ2n) is 7.06. The molecule has 1 aromatic heterocycles. The van der Waals surface area contributed by atoms with Gasteiger partial charge in [0.05, 0.1) is 17.3 Å². The van der Waals surface area contributed by atoms with Gasteiger partial charge in [-0.05, 0) is 57.9 Å². The highest BCUT2D eigenvalue weighted by molar-refractivity contribution is 5.87. The number of hydrogen-bond donors (Lipinski definition) is 1. The summed E-state index contributed by atoms with van der Waals surface area (Å²) in [5.74, 6) is 2.97. The molecule has 1 heterocycles. The summed E-state index contributed by atoms with van der Waals surface area (Å²) >= 11 is 0. The molecule has 0 aliphatic rings. The number of ether oxygens (including phenoxy) is 1. The molecule has 0 saturated heterocycles. The number of terminal acetylenes is 1. The fourth-order valence-electron chi connectivity index (χ4n) is 2.71. The number of hydrogen-bond acceptors (Lipinski definition) is 5. The first-order chi connectivity index (χ1) is 13.3. The van der Waals surface area contributed by atoms with Gasteiger partial charge in [0.2, 0.25) is 0 Å². The van der Waals surface area contributed by atoms with Gasteiger partial charge >= 0.3 is 0 Å². The fourth-order valence-corrected chi connectivity index (χ4v) is 2.71. The van der Waals surface area contributed by atoms with Crippen molar-refractivity contribution >= 4 is 23.0 Å². The number of nitrogens with one attached hydrogen (secondary N) is 1. The Kier molecular flexibility index (Phi) is 7.00. The largest absolute Gasteiger partial charge is 0.481 e. The van der Waals surface area contributed by atoms with E-state index in [4.69, 9.17) is 16.0 Å². The fraction of sp³-hybridized carbons (Fsp3) is 0.409. The van der Waals surface area contributed by atoms with Gasteiger partial charge in [0.25, 0.3) is 5.91 Å². The maximum Gasteiger partial charge on any atom is 0.261 e. The minimum absolute atomic E-state index is 0.219. The quantitative estimate of drug-likeness (QED) is 0.431. The van der Waals surface area contributed by atoms with E-state index in [1.807, 2.05) is 52.8 Å². The monoisotopic (exact) mass is 381 g/mol. The molecule has 148 valence electrons. The van der Waals surface area contributed by atoms with E-state index in [9.17, 15) is 4.79 Å². The van der Waals surface area contributed by atoms with Crippen molar-refractivity contribution < 1.29 is 14.4 Å². The molecule has 1 N–H and O–H groups in total. The highest BCUT2D eigenvalue weighted by Gasteiger charge is 2.25. The molecule has 28 heavy (non-hydrogen) atoms. The molecule has 0 bridgehead atoms. The van der Waals surface area contributed by atoms with Crippen LogP contribution in [0.4, 0.5) is 0 Å². The Morgan fingerprint density at radius 1 is 1.39 bits per heavy atom. The van der Waals surface area contributed by atoms with Crippen LogP contribution in [0.5, 0.6) is 5.75 Å². The minimum Gasteiger partial charge on any atom is -0.481 e. The van der Waals surface area contributed by atoms with Gasteiger partial charge < -0.3 is 14.9 Å². The molecule has 6 nitrogen and oxygen atoms in total. The number of amides is 1. The highest BCUT2D eigenvalue weighted by atomic mass is 16.6. The van der Waals surface area contributed by atoms with Crippen LogP contribution < -0.4 is 10.1 Å². The molecule has 0 spiro atoms. The summed E-state index contributed by atoms with van der Waals surface area (Å²) in [6, 6.07) is 5.62. The van der Waals surface area contributed by atoms with Gasteiger partial charge in [0.15, 0.2) is 6.10 Å². The molecule has 1 amide bonds. The normalized spacial score (nSPS) is 12.6. The van der Waals surface area contributed by atoms with Crippen molar-refractivity contribution in [3.05, 3.63) is 35.5 Å². The molecule has 1 unspecified atom stereocenters. The average molecular weight is 381 g/mol. The third-order valence-electron chi connectivity index (χ3n) is 4.08. The predicted octanol–water partition coefficient (Wildman–Crippen LogP) is 3.60. The molecule has 0 saturated carbocycles. The zero-order chi connectivity index (χ0) is 20.7. The van der Waals surface area contributed by atoms with E-state index in [2.05, 4.69) is 21.4 Å². The van der Waals surface area contributed by atoms with E-state index >= 15 is 0 Å². The number of aryl methyl sites for hydroxylation is 1. The van der Waals surface area contributed by atoms with Gasteiger partial charge in [-0.15, -0.1) is 6.42 Å². The first kappa shape index (κ1) is 21.2. The number of fused-ring (bicyclic) bond motifs is 1. The van der Waals surface area contributed by atoms with Crippen molar-refractivity contribution in [3.8, 4) is 18.1 Å². The van der Waals surface area contributed by atoms with Crippen molar-refractivity contribution in [1.82, 2.24) is 10.3 Å². The lowest BCUT2D eigenvalue weighted by Gasteiger charge is -2.25. The van der Waals surface area contributed by atoms with Crippen molar-refractivity contribution in [2.45, 2.75) is 52.7 Å². The van der Waals surface area contributed by atoms with Gasteiger partial charge in [-0.2, -0.15) is 0 Å². The highest BCUT2D eigenvalue weighted by Crippen LogP contribution is 2.25. The number of carbonyl (C=O) groups excluding carboxylic acids is 1. The zero-order valence-electron chi connectivity index (χ0n) is 17.1. The Labute approximate surface area is 166 Å². The third kappa shape index (κ3) is 5.46. The van der Waals surface area contributed by atoms with Crippen LogP contribution in [-0.2, 0) is 9.63 Å². The summed E-state index contributed by atoms with van der Waals surface area (Å²) in [5, 5.41) is 7.65. The van der Waals surface area contributed by atoms with E-state index in [1.165, 1.54) is 0 Å². The van der Waals surface area contributed by atoms with Crippen LogP contribution in [0, 0.1) is 19.3 Å². The molecular weight excluding hydrogens is 354 g/mol. The van der Waals surface area contributed by atoms with Crippen LogP contribution in [0.15, 0.2) is 29.6 Å². The maximum atomic E-state index is 12.7. The lowest BCUT2D eigenvalue weighted by molar-refractivity contribution is -0.129. The van der Waals surface area contributed by atoms with E-state index in [0.717, 1.165) is 16.5 Å². The molecule has 2 aromatic rings. The molecular formula is C22H27N3O3. The minimum atomic E-state index is -0.659. The number of oxime groups is 1. The van der Waals surface area contributed by atoms with Gasteiger partial charge in [-0.25, -0.2) is 0 Å². The summed E-state index contributed by atoms with van der Waals surface area (Å²) in [6.07, 6.45) is 8.58. The topological polar surface area (TPSA) is 72.8 Å². The van der Waals surface area contributed by atoms with Crippen LogP contribution in [0.25, 0.3) is 10.9 Å². The second kappa shape index (κ2) is 9.23. The number of pyridine rings is 1. The summed E-state index contributed by atoms with van der Waals surface area (Å²) in [7, 11) is 0. The first-order valence-corrected chi connectivity index (χ1v) is 9.31. The first-order valence-electron chi connectivity index (χ1n) is 9.31. The standard InChI is InChI=1S/C22H27N3O3/c1-7-16-11-17-12-18(10-15(4)20(17)23-13-16)28-19(8-2)21(26)25-22(5,6)14-24-27-9-3/h1,10-14,19H,8-9H2,2-6H3,(H,25,26)/b24-14-. The molecule has 6 heteroatoms. The summed E-state index contributed by atoms with van der Waals surface area (Å²) in [5.41, 5.74) is 1.85.